The summed E-state index contributed by atoms with van der Waals surface area (Å²) in [5.74, 6) is -0.490. The maximum atomic E-state index is 11.4. The highest BCUT2D eigenvalue weighted by Crippen LogP contribution is 2.19. The Balaban J connectivity index is 4.33. The lowest BCUT2D eigenvalue weighted by atomic mass is 9.96. The molecule has 0 saturated heterocycles. The minimum atomic E-state index is -1.08. The summed E-state index contributed by atoms with van der Waals surface area (Å²) >= 11 is 0. The van der Waals surface area contributed by atoms with E-state index in [0.29, 0.717) is 24.8 Å². The van der Waals surface area contributed by atoms with Crippen LogP contribution in [-0.2, 0) is 9.53 Å². The van der Waals surface area contributed by atoms with Crippen LogP contribution in [0.15, 0.2) is 12.2 Å². The number of hydrogen-bond donors (Lipinski definition) is 2. The maximum Gasteiger partial charge on any atom is 0.333 e. The molecule has 0 aromatic heterocycles. The Bertz CT molecular complexity index is 240. The molecule has 0 aliphatic carbocycles. The molecule has 0 saturated carbocycles. The van der Waals surface area contributed by atoms with Crippen LogP contribution in [0.3, 0.4) is 0 Å². The third-order valence-electron chi connectivity index (χ3n) is 2.26. The molecule has 0 fully saturated rings. The van der Waals surface area contributed by atoms with E-state index in [1.165, 1.54) is 0 Å². The molecule has 0 radical (unpaired) electrons. The van der Waals surface area contributed by atoms with Crippen molar-refractivity contribution in [3.63, 3.8) is 0 Å². The molecule has 0 spiro atoms. The van der Waals surface area contributed by atoms with Crippen LogP contribution >= 0.6 is 0 Å². The first kappa shape index (κ1) is 15.1. The lowest BCUT2D eigenvalue weighted by Gasteiger charge is -2.29. The van der Waals surface area contributed by atoms with E-state index in [9.17, 15) is 9.90 Å². The third kappa shape index (κ3) is 5.88. The van der Waals surface area contributed by atoms with Crippen LogP contribution in [0.25, 0.3) is 0 Å². The largest absolute Gasteiger partial charge is 0.456 e. The van der Waals surface area contributed by atoms with Gasteiger partial charge in [-0.25, -0.2) is 4.79 Å². The maximum absolute atomic E-state index is 11.4. The number of carbonyl (C=O) groups is 1. The SMILES string of the molecule is C=C(C)C(=O)OC(CCCCO)C(C)(C)O. The molecular weight excluding hydrogens is 208 g/mol. The predicted octanol–water partition coefficient (Wildman–Crippen LogP) is 1.41. The van der Waals surface area contributed by atoms with Gasteiger partial charge in [0.25, 0.3) is 0 Å². The Kier molecular flexibility index (Phi) is 6.29. The number of aliphatic hydroxyl groups is 2. The molecule has 0 rings (SSSR count). The number of ether oxygens (including phenoxy) is 1. The molecule has 0 aromatic rings. The normalized spacial score (nSPS) is 13.3. The van der Waals surface area contributed by atoms with Crippen molar-refractivity contribution in [3.05, 3.63) is 12.2 Å². The van der Waals surface area contributed by atoms with Gasteiger partial charge in [-0.3, -0.25) is 0 Å². The van der Waals surface area contributed by atoms with E-state index in [2.05, 4.69) is 6.58 Å². The first-order chi connectivity index (χ1) is 7.29. The fourth-order valence-corrected chi connectivity index (χ4v) is 1.23. The molecule has 1 unspecified atom stereocenters. The van der Waals surface area contributed by atoms with Crippen LogP contribution < -0.4 is 0 Å². The van der Waals surface area contributed by atoms with E-state index < -0.39 is 17.7 Å². The minimum Gasteiger partial charge on any atom is -0.456 e. The number of esters is 1. The van der Waals surface area contributed by atoms with Crippen LogP contribution in [-0.4, -0.2) is 34.5 Å². The van der Waals surface area contributed by atoms with Crippen molar-refractivity contribution < 1.29 is 19.7 Å². The van der Waals surface area contributed by atoms with Crippen LogP contribution in [0.5, 0.6) is 0 Å². The van der Waals surface area contributed by atoms with Gasteiger partial charge in [0, 0.05) is 12.2 Å². The molecule has 0 aliphatic rings. The summed E-state index contributed by atoms with van der Waals surface area (Å²) in [7, 11) is 0. The average Bonchev–Trinajstić information content (AvgIpc) is 2.14. The average molecular weight is 230 g/mol. The van der Waals surface area contributed by atoms with Gasteiger partial charge in [-0.1, -0.05) is 6.58 Å². The molecule has 16 heavy (non-hydrogen) atoms. The summed E-state index contributed by atoms with van der Waals surface area (Å²) in [6.45, 7) is 8.36. The Morgan fingerprint density at radius 1 is 1.44 bits per heavy atom. The van der Waals surface area contributed by atoms with Gasteiger partial charge in [0.2, 0.25) is 0 Å². The van der Waals surface area contributed by atoms with Crippen LogP contribution in [0.4, 0.5) is 0 Å². The molecule has 1 atom stereocenters. The summed E-state index contributed by atoms with van der Waals surface area (Å²) in [6, 6.07) is 0. The Morgan fingerprint density at radius 3 is 2.38 bits per heavy atom. The van der Waals surface area contributed by atoms with Gasteiger partial charge < -0.3 is 14.9 Å². The van der Waals surface area contributed by atoms with Crippen molar-refractivity contribution >= 4 is 5.97 Å². The number of aliphatic hydroxyl groups excluding tert-OH is 1. The number of rotatable bonds is 7. The summed E-state index contributed by atoms with van der Waals surface area (Å²) in [5.41, 5.74) is -0.767. The highest BCUT2D eigenvalue weighted by Gasteiger charge is 2.29. The second-order valence-corrected chi connectivity index (χ2v) is 4.55. The van der Waals surface area contributed by atoms with E-state index in [-0.39, 0.29) is 6.61 Å². The summed E-state index contributed by atoms with van der Waals surface area (Å²) < 4.78 is 5.15. The second kappa shape index (κ2) is 6.66. The summed E-state index contributed by atoms with van der Waals surface area (Å²) in [4.78, 5) is 11.4. The van der Waals surface area contributed by atoms with Crippen molar-refractivity contribution in [2.24, 2.45) is 0 Å². The summed E-state index contributed by atoms with van der Waals surface area (Å²) in [5, 5.41) is 18.5. The van der Waals surface area contributed by atoms with Crippen molar-refractivity contribution in [3.8, 4) is 0 Å². The molecule has 0 heterocycles. The van der Waals surface area contributed by atoms with E-state index in [1.54, 1.807) is 20.8 Å². The van der Waals surface area contributed by atoms with E-state index in [0.717, 1.165) is 0 Å². The van der Waals surface area contributed by atoms with Gasteiger partial charge >= 0.3 is 5.97 Å². The highest BCUT2D eigenvalue weighted by atomic mass is 16.6. The van der Waals surface area contributed by atoms with Gasteiger partial charge in [0.1, 0.15) is 6.10 Å². The summed E-state index contributed by atoms with van der Waals surface area (Å²) in [6.07, 6.45) is 1.30. The molecule has 0 aromatic carbocycles. The third-order valence-corrected chi connectivity index (χ3v) is 2.26. The molecule has 0 amide bonds. The van der Waals surface area contributed by atoms with Crippen molar-refractivity contribution in [2.45, 2.75) is 51.7 Å². The smallest absolute Gasteiger partial charge is 0.333 e. The van der Waals surface area contributed by atoms with E-state index >= 15 is 0 Å². The topological polar surface area (TPSA) is 66.8 Å². The molecular formula is C12H22O4. The highest BCUT2D eigenvalue weighted by molar-refractivity contribution is 5.87. The number of carbonyl (C=O) groups excluding carboxylic acids is 1. The van der Waals surface area contributed by atoms with Crippen molar-refractivity contribution in [1.29, 1.82) is 0 Å². The zero-order chi connectivity index (χ0) is 12.8. The lowest BCUT2D eigenvalue weighted by Crippen LogP contribution is -2.39. The molecule has 94 valence electrons. The fourth-order valence-electron chi connectivity index (χ4n) is 1.23. The van der Waals surface area contributed by atoms with E-state index in [4.69, 9.17) is 9.84 Å². The predicted molar refractivity (Wildman–Crippen MR) is 61.9 cm³/mol. The Morgan fingerprint density at radius 2 is 2.00 bits per heavy atom. The van der Waals surface area contributed by atoms with E-state index in [1.807, 2.05) is 0 Å². The second-order valence-electron chi connectivity index (χ2n) is 4.55. The molecule has 0 aliphatic heterocycles. The van der Waals surface area contributed by atoms with Gasteiger partial charge in [-0.05, 0) is 40.0 Å². The van der Waals surface area contributed by atoms with Gasteiger partial charge in [0.05, 0.1) is 5.60 Å². The van der Waals surface area contributed by atoms with Crippen LogP contribution in [0.1, 0.15) is 40.0 Å². The molecule has 2 N–H and O–H groups in total. The standard InChI is InChI=1S/C12H22O4/c1-9(2)11(14)16-10(12(3,4)15)7-5-6-8-13/h10,13,15H,1,5-8H2,2-4H3. The van der Waals surface area contributed by atoms with Gasteiger partial charge in [-0.2, -0.15) is 0 Å². The molecule has 0 bridgehead atoms. The minimum absolute atomic E-state index is 0.104. The van der Waals surface area contributed by atoms with Gasteiger partial charge in [0.15, 0.2) is 0 Å². The fraction of sp³-hybridized carbons (Fsp3) is 0.750. The molecule has 4 heteroatoms. The quantitative estimate of drug-likeness (QED) is 0.394. The monoisotopic (exact) mass is 230 g/mol. The van der Waals surface area contributed by atoms with Gasteiger partial charge in [-0.15, -0.1) is 0 Å². The first-order valence-corrected chi connectivity index (χ1v) is 5.48. The van der Waals surface area contributed by atoms with Crippen LogP contribution in [0, 0.1) is 0 Å². The first-order valence-electron chi connectivity index (χ1n) is 5.48. The molecule has 4 nitrogen and oxygen atoms in total. The zero-order valence-electron chi connectivity index (χ0n) is 10.3. The lowest BCUT2D eigenvalue weighted by molar-refractivity contribution is -0.158. The number of hydrogen-bond acceptors (Lipinski definition) is 4. The van der Waals surface area contributed by atoms with Crippen molar-refractivity contribution in [2.75, 3.05) is 6.61 Å². The zero-order valence-corrected chi connectivity index (χ0v) is 10.3. The number of unbranched alkanes of at least 4 members (excludes halogenated alkanes) is 1. The Hall–Kier alpha value is -0.870. The van der Waals surface area contributed by atoms with Crippen LogP contribution in [0.2, 0.25) is 0 Å². The van der Waals surface area contributed by atoms with Crippen molar-refractivity contribution in [1.82, 2.24) is 0 Å². The Labute approximate surface area is 96.9 Å².